The molecule has 3 aromatic rings. The van der Waals surface area contributed by atoms with E-state index in [0.717, 1.165) is 27.3 Å². The van der Waals surface area contributed by atoms with E-state index in [1.807, 2.05) is 61.5 Å². The summed E-state index contributed by atoms with van der Waals surface area (Å²) in [6, 6.07) is 21.0. The highest BCUT2D eigenvalue weighted by Gasteiger charge is 2.32. The molecule has 3 aromatic carbocycles. The number of amides is 2. The van der Waals surface area contributed by atoms with Gasteiger partial charge in [0.2, 0.25) is 21.8 Å². The number of carbonyl (C=O) groups is 2. The molecule has 0 aliphatic heterocycles. The summed E-state index contributed by atoms with van der Waals surface area (Å²) in [4.78, 5) is 28.4. The fraction of sp³-hybridized carbons (Fsp3) is 0.286. The Balaban J connectivity index is 2.04. The van der Waals surface area contributed by atoms with Gasteiger partial charge in [-0.15, -0.1) is 0 Å². The molecular weight excluding hydrogens is 510 g/mol. The molecule has 3 rings (SSSR count). The number of benzene rings is 3. The van der Waals surface area contributed by atoms with Gasteiger partial charge in [-0.3, -0.25) is 13.9 Å². The molecule has 0 radical (unpaired) electrons. The maximum atomic E-state index is 13.9. The summed E-state index contributed by atoms with van der Waals surface area (Å²) in [7, 11) is -2.31. The molecule has 196 valence electrons. The molecule has 1 N–H and O–H groups in total. The number of hydrogen-bond acceptors (Lipinski definition) is 4. The third-order valence-corrected chi connectivity index (χ3v) is 7.46. The summed E-state index contributed by atoms with van der Waals surface area (Å²) >= 11 is 6.08. The van der Waals surface area contributed by atoms with Crippen LogP contribution in [0.15, 0.2) is 72.8 Å². The Morgan fingerprint density at radius 1 is 0.946 bits per heavy atom. The van der Waals surface area contributed by atoms with E-state index in [0.29, 0.717) is 16.3 Å². The van der Waals surface area contributed by atoms with Crippen LogP contribution < -0.4 is 9.62 Å². The molecular formula is C28H32ClN3O4S. The predicted octanol–water partition coefficient (Wildman–Crippen LogP) is 4.11. The van der Waals surface area contributed by atoms with E-state index in [9.17, 15) is 18.0 Å². The van der Waals surface area contributed by atoms with Crippen molar-refractivity contribution in [3.8, 4) is 0 Å². The second-order valence-electron chi connectivity index (χ2n) is 9.03. The van der Waals surface area contributed by atoms with Gasteiger partial charge in [0.05, 0.1) is 11.9 Å². The minimum Gasteiger partial charge on any atom is -0.357 e. The molecule has 0 bridgehead atoms. The van der Waals surface area contributed by atoms with Crippen LogP contribution in [0.3, 0.4) is 0 Å². The summed E-state index contributed by atoms with van der Waals surface area (Å²) in [6.07, 6.45) is 1.33. The van der Waals surface area contributed by atoms with E-state index in [2.05, 4.69) is 5.32 Å². The fourth-order valence-electron chi connectivity index (χ4n) is 4.10. The van der Waals surface area contributed by atoms with Gasteiger partial charge in [0.15, 0.2) is 0 Å². The highest BCUT2D eigenvalue weighted by molar-refractivity contribution is 7.92. The second kappa shape index (κ2) is 12.3. The summed E-state index contributed by atoms with van der Waals surface area (Å²) in [5, 5.41) is 3.13. The van der Waals surface area contributed by atoms with E-state index in [1.165, 1.54) is 11.9 Å². The quantitative estimate of drug-likeness (QED) is 0.418. The van der Waals surface area contributed by atoms with Gasteiger partial charge in [-0.25, -0.2) is 8.42 Å². The van der Waals surface area contributed by atoms with Crippen molar-refractivity contribution in [3.05, 3.63) is 100 Å². The molecule has 0 aromatic heterocycles. The maximum Gasteiger partial charge on any atom is 0.244 e. The number of sulfonamides is 1. The van der Waals surface area contributed by atoms with E-state index < -0.39 is 28.5 Å². The van der Waals surface area contributed by atoms with Crippen molar-refractivity contribution in [2.75, 3.05) is 24.2 Å². The number of nitrogens with one attached hydrogen (secondary N) is 1. The molecule has 0 heterocycles. The molecule has 0 spiro atoms. The average Bonchev–Trinajstić information content (AvgIpc) is 2.85. The molecule has 0 fully saturated rings. The molecule has 1 atom stereocenters. The second-order valence-corrected chi connectivity index (χ2v) is 11.4. The minimum atomic E-state index is -3.83. The largest absolute Gasteiger partial charge is 0.357 e. The topological polar surface area (TPSA) is 86.8 Å². The molecule has 0 aliphatic rings. The van der Waals surface area contributed by atoms with E-state index >= 15 is 0 Å². The molecule has 7 nitrogen and oxygen atoms in total. The number of likely N-dealkylation sites (N-methyl/N-ethyl adjacent to an activating group) is 1. The summed E-state index contributed by atoms with van der Waals surface area (Å²) < 4.78 is 26.7. The maximum absolute atomic E-state index is 13.9. The first-order chi connectivity index (χ1) is 17.5. The van der Waals surface area contributed by atoms with Crippen molar-refractivity contribution >= 4 is 39.1 Å². The standard InChI is InChI=1S/C28H32ClN3O4S/c1-20-10-12-23(13-11-20)18-31(26(28(34)30-3)17-22-8-6-5-7-9-22)27(33)19-32(37(4,35)36)25-15-14-24(29)16-21(25)2/h5-16,26H,17-19H2,1-4H3,(H,30,34)/t26-/m1/s1. The van der Waals surface area contributed by atoms with Crippen LogP contribution in [0.2, 0.25) is 5.02 Å². The van der Waals surface area contributed by atoms with Crippen molar-refractivity contribution in [2.45, 2.75) is 32.9 Å². The van der Waals surface area contributed by atoms with E-state index in [-0.39, 0.29) is 18.9 Å². The zero-order valence-corrected chi connectivity index (χ0v) is 23.0. The zero-order chi connectivity index (χ0) is 27.2. The lowest BCUT2D eigenvalue weighted by atomic mass is 10.0. The lowest BCUT2D eigenvalue weighted by molar-refractivity contribution is -0.139. The number of rotatable bonds is 10. The molecule has 2 amide bonds. The van der Waals surface area contributed by atoms with Crippen molar-refractivity contribution in [3.63, 3.8) is 0 Å². The van der Waals surface area contributed by atoms with Crippen LogP contribution in [0, 0.1) is 13.8 Å². The van der Waals surface area contributed by atoms with Gasteiger partial charge in [0.1, 0.15) is 12.6 Å². The molecule has 0 saturated heterocycles. The Kier molecular flexibility index (Phi) is 9.34. The highest BCUT2D eigenvalue weighted by atomic mass is 35.5. The molecule has 0 unspecified atom stereocenters. The number of anilines is 1. The smallest absolute Gasteiger partial charge is 0.244 e. The first-order valence-electron chi connectivity index (χ1n) is 11.8. The third kappa shape index (κ3) is 7.57. The van der Waals surface area contributed by atoms with Crippen molar-refractivity contribution in [1.29, 1.82) is 0 Å². The van der Waals surface area contributed by atoms with Gasteiger partial charge in [0.25, 0.3) is 0 Å². The normalized spacial score (nSPS) is 12.0. The van der Waals surface area contributed by atoms with Gasteiger partial charge in [-0.2, -0.15) is 0 Å². The first kappa shape index (κ1) is 28.2. The Hall–Kier alpha value is -3.36. The highest BCUT2D eigenvalue weighted by Crippen LogP contribution is 2.26. The van der Waals surface area contributed by atoms with Crippen molar-refractivity contribution in [1.82, 2.24) is 10.2 Å². The summed E-state index contributed by atoms with van der Waals surface area (Å²) in [6.45, 7) is 3.38. The van der Waals surface area contributed by atoms with Crippen molar-refractivity contribution < 1.29 is 18.0 Å². The number of hydrogen-bond donors (Lipinski definition) is 1. The van der Waals surface area contributed by atoms with E-state index in [1.54, 1.807) is 25.1 Å². The number of aryl methyl sites for hydroxylation is 2. The Bertz CT molecular complexity index is 1350. The molecule has 0 saturated carbocycles. The zero-order valence-electron chi connectivity index (χ0n) is 21.4. The van der Waals surface area contributed by atoms with Gasteiger partial charge in [0, 0.05) is 25.0 Å². The van der Waals surface area contributed by atoms with Crippen LogP contribution in [0.25, 0.3) is 0 Å². The van der Waals surface area contributed by atoms with E-state index in [4.69, 9.17) is 11.6 Å². The van der Waals surface area contributed by atoms with Gasteiger partial charge in [-0.05, 0) is 48.7 Å². The van der Waals surface area contributed by atoms with Crippen LogP contribution in [-0.2, 0) is 32.6 Å². The number of nitrogens with zero attached hydrogens (tertiary/aromatic N) is 2. The predicted molar refractivity (Wildman–Crippen MR) is 148 cm³/mol. The monoisotopic (exact) mass is 541 g/mol. The Morgan fingerprint density at radius 3 is 2.16 bits per heavy atom. The van der Waals surface area contributed by atoms with Crippen LogP contribution in [0.1, 0.15) is 22.3 Å². The van der Waals surface area contributed by atoms with Gasteiger partial charge < -0.3 is 10.2 Å². The average molecular weight is 542 g/mol. The third-order valence-electron chi connectivity index (χ3n) is 6.10. The first-order valence-corrected chi connectivity index (χ1v) is 14.1. The van der Waals surface area contributed by atoms with Gasteiger partial charge in [-0.1, -0.05) is 71.8 Å². The van der Waals surface area contributed by atoms with Crippen LogP contribution in [-0.4, -0.2) is 51.0 Å². The van der Waals surface area contributed by atoms with Crippen LogP contribution in [0.5, 0.6) is 0 Å². The number of halogens is 1. The van der Waals surface area contributed by atoms with Crippen LogP contribution in [0.4, 0.5) is 5.69 Å². The summed E-state index contributed by atoms with van der Waals surface area (Å²) in [5.41, 5.74) is 3.74. The summed E-state index contributed by atoms with van der Waals surface area (Å²) in [5.74, 6) is -0.831. The number of carbonyl (C=O) groups excluding carboxylic acids is 2. The molecule has 37 heavy (non-hydrogen) atoms. The van der Waals surface area contributed by atoms with Crippen molar-refractivity contribution in [2.24, 2.45) is 0 Å². The Morgan fingerprint density at radius 2 is 1.59 bits per heavy atom. The fourth-order valence-corrected chi connectivity index (χ4v) is 5.24. The van der Waals surface area contributed by atoms with Crippen LogP contribution >= 0.6 is 11.6 Å². The Labute approximate surface area is 224 Å². The van der Waals surface area contributed by atoms with Gasteiger partial charge >= 0.3 is 0 Å². The lowest BCUT2D eigenvalue weighted by Crippen LogP contribution is -2.53. The minimum absolute atomic E-state index is 0.140. The SMILES string of the molecule is CNC(=O)[C@@H](Cc1ccccc1)N(Cc1ccc(C)cc1)C(=O)CN(c1ccc(Cl)cc1C)S(C)(=O)=O. The molecule has 0 aliphatic carbocycles. The molecule has 9 heteroatoms. The lowest BCUT2D eigenvalue weighted by Gasteiger charge is -2.33.